The van der Waals surface area contributed by atoms with E-state index in [1.165, 1.54) is 47.5 Å². The molecular formula is C46H27N3OS. The Balaban J connectivity index is 1.17. The van der Waals surface area contributed by atoms with Gasteiger partial charge in [-0.2, -0.15) is 0 Å². The molecule has 11 rings (SSSR count). The molecule has 0 atom stereocenters. The van der Waals surface area contributed by atoms with Gasteiger partial charge in [-0.15, -0.1) is 11.3 Å². The van der Waals surface area contributed by atoms with Crippen LogP contribution in [-0.4, -0.2) is 14.5 Å². The third-order valence-corrected chi connectivity index (χ3v) is 11.2. The monoisotopic (exact) mass is 669 g/mol. The van der Waals surface area contributed by atoms with E-state index in [1.807, 2.05) is 47.7 Å². The van der Waals surface area contributed by atoms with Crippen molar-refractivity contribution in [1.29, 1.82) is 0 Å². The zero-order chi connectivity index (χ0) is 33.5. The summed E-state index contributed by atoms with van der Waals surface area (Å²) >= 11 is 1.85. The van der Waals surface area contributed by atoms with Gasteiger partial charge in [-0.1, -0.05) is 115 Å². The maximum absolute atomic E-state index is 6.38. The van der Waals surface area contributed by atoms with Crippen molar-refractivity contribution in [3.8, 4) is 39.5 Å². The zero-order valence-electron chi connectivity index (χ0n) is 27.2. The van der Waals surface area contributed by atoms with Crippen molar-refractivity contribution in [3.63, 3.8) is 0 Å². The van der Waals surface area contributed by atoms with Crippen molar-refractivity contribution in [1.82, 2.24) is 14.5 Å². The van der Waals surface area contributed by atoms with Gasteiger partial charge in [0.2, 0.25) is 0 Å². The van der Waals surface area contributed by atoms with Crippen LogP contribution in [0.3, 0.4) is 0 Å². The van der Waals surface area contributed by atoms with Gasteiger partial charge in [0.05, 0.1) is 11.0 Å². The number of benzene rings is 7. The number of furan rings is 1. The Bertz CT molecular complexity index is 3100. The van der Waals surface area contributed by atoms with E-state index in [0.717, 1.165) is 44.6 Å². The van der Waals surface area contributed by atoms with Crippen LogP contribution in [0.4, 0.5) is 0 Å². The number of para-hydroxylation sites is 3. The minimum Gasteiger partial charge on any atom is -0.452 e. The van der Waals surface area contributed by atoms with E-state index in [-0.39, 0.29) is 0 Å². The second-order valence-electron chi connectivity index (χ2n) is 13.0. The normalized spacial score (nSPS) is 11.9. The van der Waals surface area contributed by atoms with Gasteiger partial charge >= 0.3 is 0 Å². The van der Waals surface area contributed by atoms with E-state index in [2.05, 4.69) is 132 Å². The molecular weight excluding hydrogens is 643 g/mol. The van der Waals surface area contributed by atoms with Crippen molar-refractivity contribution in [2.24, 2.45) is 0 Å². The van der Waals surface area contributed by atoms with Crippen LogP contribution < -0.4 is 0 Å². The summed E-state index contributed by atoms with van der Waals surface area (Å²) in [4.78, 5) is 10.4. The van der Waals surface area contributed by atoms with Crippen LogP contribution >= 0.6 is 11.3 Å². The molecule has 4 nitrogen and oxygen atoms in total. The molecule has 5 heteroatoms. The second-order valence-corrected chi connectivity index (χ2v) is 14.0. The van der Waals surface area contributed by atoms with E-state index in [4.69, 9.17) is 14.4 Å². The minimum absolute atomic E-state index is 0.667. The highest BCUT2D eigenvalue weighted by Gasteiger charge is 2.20. The number of hydrogen-bond acceptors (Lipinski definition) is 4. The lowest BCUT2D eigenvalue weighted by Gasteiger charge is -2.13. The topological polar surface area (TPSA) is 43.9 Å². The summed E-state index contributed by atoms with van der Waals surface area (Å²) in [7, 11) is 0. The number of thiophene rings is 1. The van der Waals surface area contributed by atoms with E-state index < -0.39 is 0 Å². The number of rotatable bonds is 4. The lowest BCUT2D eigenvalue weighted by Crippen LogP contribution is -1.96. The first-order valence-electron chi connectivity index (χ1n) is 17.1. The molecule has 0 spiro atoms. The van der Waals surface area contributed by atoms with Crippen molar-refractivity contribution in [2.45, 2.75) is 0 Å². The molecule has 0 fully saturated rings. The predicted octanol–water partition coefficient (Wildman–Crippen LogP) is 12.8. The summed E-state index contributed by atoms with van der Waals surface area (Å²) in [6.07, 6.45) is 0. The highest BCUT2D eigenvalue weighted by atomic mass is 32.1. The second kappa shape index (κ2) is 11.0. The first kappa shape index (κ1) is 28.3. The first-order valence-corrected chi connectivity index (χ1v) is 17.9. The van der Waals surface area contributed by atoms with E-state index in [1.54, 1.807) is 0 Å². The summed E-state index contributed by atoms with van der Waals surface area (Å²) < 4.78 is 11.3. The maximum Gasteiger partial charge on any atom is 0.180 e. The summed E-state index contributed by atoms with van der Waals surface area (Å²) in [5.41, 5.74) is 10.9. The van der Waals surface area contributed by atoms with Gasteiger partial charge in [-0.25, -0.2) is 9.97 Å². The SMILES string of the molecule is c1ccc(-c2nc(-c3cccc(-c4cc(-n5c6ccccc6c6ccccc65)cc5c4sc4ccccc45)c3)nc3c2oc2ccccc23)cc1. The van der Waals surface area contributed by atoms with Gasteiger partial charge in [-0.05, 0) is 54.1 Å². The summed E-state index contributed by atoms with van der Waals surface area (Å²) in [5, 5.41) is 6.01. The van der Waals surface area contributed by atoms with Crippen LogP contribution in [0.15, 0.2) is 168 Å². The van der Waals surface area contributed by atoms with Gasteiger partial charge in [0.15, 0.2) is 11.4 Å². The number of fused-ring (bicyclic) bond motifs is 9. The molecule has 4 aromatic heterocycles. The lowest BCUT2D eigenvalue weighted by atomic mass is 9.99. The Morgan fingerprint density at radius 3 is 1.94 bits per heavy atom. The molecule has 0 radical (unpaired) electrons. The van der Waals surface area contributed by atoms with Gasteiger partial charge in [-0.3, -0.25) is 0 Å². The number of nitrogens with zero attached hydrogens (tertiary/aromatic N) is 3. The minimum atomic E-state index is 0.667. The average molecular weight is 670 g/mol. The third kappa shape index (κ3) is 4.32. The molecule has 51 heavy (non-hydrogen) atoms. The third-order valence-electron chi connectivity index (χ3n) is 10.00. The van der Waals surface area contributed by atoms with Crippen LogP contribution in [0.25, 0.3) is 104 Å². The fraction of sp³-hybridized carbons (Fsp3) is 0. The van der Waals surface area contributed by atoms with Crippen LogP contribution in [0.5, 0.6) is 0 Å². The van der Waals surface area contributed by atoms with E-state index in [0.29, 0.717) is 11.4 Å². The molecule has 7 aromatic carbocycles. The van der Waals surface area contributed by atoms with Crippen molar-refractivity contribution < 1.29 is 4.42 Å². The zero-order valence-corrected chi connectivity index (χ0v) is 28.1. The molecule has 0 amide bonds. The summed E-state index contributed by atoms with van der Waals surface area (Å²) in [6.45, 7) is 0. The Morgan fingerprint density at radius 2 is 1.14 bits per heavy atom. The molecule has 0 saturated carbocycles. The van der Waals surface area contributed by atoms with Crippen LogP contribution in [0.1, 0.15) is 0 Å². The quantitative estimate of drug-likeness (QED) is 0.187. The average Bonchev–Trinajstić information content (AvgIpc) is 3.87. The lowest BCUT2D eigenvalue weighted by molar-refractivity contribution is 0.667. The standard InChI is InChI=1S/C46H27N3OS/c1-2-13-28(14-3-1)42-44-43(35-20-6-10-23-40(35)50-44)48-46(47-42)30-16-12-15-29(25-30)36-26-31(27-37-34-19-7-11-24-41(34)51-45(36)37)49-38-21-8-4-17-32(38)33-18-5-9-22-39(33)49/h1-27H. The Morgan fingerprint density at radius 1 is 0.490 bits per heavy atom. The first-order chi connectivity index (χ1) is 25.3. The van der Waals surface area contributed by atoms with Crippen LogP contribution in [-0.2, 0) is 0 Å². The van der Waals surface area contributed by atoms with Gasteiger partial charge in [0.25, 0.3) is 0 Å². The molecule has 11 aromatic rings. The Labute approximate surface area is 296 Å². The highest BCUT2D eigenvalue weighted by molar-refractivity contribution is 7.26. The van der Waals surface area contributed by atoms with Crippen molar-refractivity contribution >= 4 is 75.4 Å². The highest BCUT2D eigenvalue weighted by Crippen LogP contribution is 2.44. The molecule has 0 aliphatic rings. The number of aromatic nitrogens is 3. The smallest absolute Gasteiger partial charge is 0.180 e. The van der Waals surface area contributed by atoms with E-state index in [9.17, 15) is 0 Å². The van der Waals surface area contributed by atoms with Crippen LogP contribution in [0, 0.1) is 0 Å². The predicted molar refractivity (Wildman–Crippen MR) is 213 cm³/mol. The summed E-state index contributed by atoms with van der Waals surface area (Å²) in [6, 6.07) is 57.9. The molecule has 0 aliphatic heterocycles. The maximum atomic E-state index is 6.38. The molecule has 0 aliphatic carbocycles. The fourth-order valence-electron chi connectivity index (χ4n) is 7.69. The Hall–Kier alpha value is -6.56. The fourth-order valence-corrected chi connectivity index (χ4v) is 8.91. The van der Waals surface area contributed by atoms with Gasteiger partial charge in [0, 0.05) is 58.7 Å². The van der Waals surface area contributed by atoms with Gasteiger partial charge in [0.1, 0.15) is 16.8 Å². The Kier molecular flexibility index (Phi) is 6.09. The largest absolute Gasteiger partial charge is 0.452 e. The van der Waals surface area contributed by atoms with Gasteiger partial charge < -0.3 is 8.98 Å². The molecule has 0 bridgehead atoms. The summed E-state index contributed by atoms with van der Waals surface area (Å²) in [5.74, 6) is 0.667. The molecule has 4 heterocycles. The molecule has 0 saturated heterocycles. The van der Waals surface area contributed by atoms with Crippen molar-refractivity contribution in [3.05, 3.63) is 164 Å². The molecule has 238 valence electrons. The molecule has 0 N–H and O–H groups in total. The number of hydrogen-bond donors (Lipinski definition) is 0. The van der Waals surface area contributed by atoms with Crippen molar-refractivity contribution in [2.75, 3.05) is 0 Å². The molecule has 0 unspecified atom stereocenters. The van der Waals surface area contributed by atoms with Crippen LogP contribution in [0.2, 0.25) is 0 Å². The van der Waals surface area contributed by atoms with E-state index >= 15 is 0 Å².